The maximum Gasteiger partial charge on any atom is 0.240 e. The van der Waals surface area contributed by atoms with Crippen LogP contribution in [0.15, 0.2) is 53.7 Å². The van der Waals surface area contributed by atoms with Crippen molar-refractivity contribution in [1.29, 1.82) is 0 Å². The van der Waals surface area contributed by atoms with Crippen LogP contribution in [0.2, 0.25) is 0 Å². The van der Waals surface area contributed by atoms with Gasteiger partial charge in [0.25, 0.3) is 0 Å². The van der Waals surface area contributed by atoms with E-state index in [9.17, 15) is 13.2 Å². The van der Waals surface area contributed by atoms with E-state index in [-0.39, 0.29) is 10.8 Å². The van der Waals surface area contributed by atoms with Crippen molar-refractivity contribution in [1.82, 2.24) is 15.0 Å². The van der Waals surface area contributed by atoms with Gasteiger partial charge in [-0.05, 0) is 48.6 Å². The third-order valence-electron chi connectivity index (χ3n) is 3.90. The lowest BCUT2D eigenvalue weighted by atomic mass is 10.1. The summed E-state index contributed by atoms with van der Waals surface area (Å²) in [5, 5.41) is 2.90. The smallest absolute Gasteiger partial charge is 0.240 e. The van der Waals surface area contributed by atoms with Gasteiger partial charge in [-0.1, -0.05) is 25.1 Å². The van der Waals surface area contributed by atoms with E-state index in [4.69, 9.17) is 0 Å². The average Bonchev–Trinajstić information content (AvgIpc) is 2.63. The normalized spacial score (nSPS) is 11.3. The van der Waals surface area contributed by atoms with Gasteiger partial charge in [0.15, 0.2) is 0 Å². The molecule has 2 aromatic rings. The number of aromatic nitrogens is 1. The van der Waals surface area contributed by atoms with Crippen molar-refractivity contribution in [2.24, 2.45) is 0 Å². The number of nitrogens with one attached hydrogen (secondary N) is 2. The fraction of sp³-hybridized carbons (Fsp3) is 0.368. The molecule has 7 heteroatoms. The second kappa shape index (κ2) is 10.0. The summed E-state index contributed by atoms with van der Waals surface area (Å²) in [6.45, 7) is 2.63. The second-order valence-corrected chi connectivity index (χ2v) is 7.73. The zero-order valence-corrected chi connectivity index (χ0v) is 15.8. The molecule has 0 atom stereocenters. The van der Waals surface area contributed by atoms with Crippen molar-refractivity contribution < 1.29 is 13.2 Å². The quantitative estimate of drug-likeness (QED) is 0.665. The molecule has 1 aromatic heterocycles. The fourth-order valence-corrected chi connectivity index (χ4v) is 3.58. The minimum Gasteiger partial charge on any atom is -0.356 e. The van der Waals surface area contributed by atoms with Crippen LogP contribution in [0.4, 0.5) is 0 Å². The molecule has 0 spiro atoms. The van der Waals surface area contributed by atoms with Crippen LogP contribution in [0.25, 0.3) is 0 Å². The number of rotatable bonds is 10. The Morgan fingerprint density at radius 1 is 1.08 bits per heavy atom. The predicted molar refractivity (Wildman–Crippen MR) is 101 cm³/mol. The van der Waals surface area contributed by atoms with Gasteiger partial charge in [0, 0.05) is 31.9 Å². The Balaban J connectivity index is 1.69. The molecule has 0 fully saturated rings. The Labute approximate surface area is 155 Å². The topological polar surface area (TPSA) is 88.2 Å². The van der Waals surface area contributed by atoms with E-state index in [1.807, 2.05) is 18.3 Å². The van der Waals surface area contributed by atoms with Crippen molar-refractivity contribution in [3.63, 3.8) is 0 Å². The molecule has 0 aliphatic heterocycles. The van der Waals surface area contributed by atoms with Crippen LogP contribution >= 0.6 is 0 Å². The van der Waals surface area contributed by atoms with Crippen molar-refractivity contribution in [2.75, 3.05) is 13.1 Å². The molecule has 0 aliphatic rings. The third kappa shape index (κ3) is 6.57. The van der Waals surface area contributed by atoms with Crippen molar-refractivity contribution in [3.05, 3.63) is 59.9 Å². The molecule has 0 saturated carbocycles. The van der Waals surface area contributed by atoms with E-state index >= 15 is 0 Å². The maximum absolute atomic E-state index is 11.9. The standard InChI is InChI=1S/C19H25N3O3S/c1-2-22-26(24,25)18-10-8-16(9-11-18)12-14-21-19(23)7-3-5-17-6-4-13-20-15-17/h4,6,8-11,13,15,22H,2-3,5,7,12,14H2,1H3,(H,21,23). The van der Waals surface area contributed by atoms with E-state index in [0.717, 1.165) is 24.0 Å². The largest absolute Gasteiger partial charge is 0.356 e. The van der Waals surface area contributed by atoms with Crippen LogP contribution in [-0.2, 0) is 27.7 Å². The number of sulfonamides is 1. The number of pyridine rings is 1. The van der Waals surface area contributed by atoms with Gasteiger partial charge in [-0.15, -0.1) is 0 Å². The van der Waals surface area contributed by atoms with Crippen molar-refractivity contribution in [3.8, 4) is 0 Å². The van der Waals surface area contributed by atoms with Gasteiger partial charge in [0.05, 0.1) is 4.90 Å². The fourth-order valence-electron chi connectivity index (χ4n) is 2.54. The van der Waals surface area contributed by atoms with Crippen LogP contribution in [0.3, 0.4) is 0 Å². The molecule has 2 rings (SSSR count). The molecule has 0 aliphatic carbocycles. The molecule has 0 radical (unpaired) electrons. The van der Waals surface area contributed by atoms with E-state index in [1.54, 1.807) is 37.4 Å². The SMILES string of the molecule is CCNS(=O)(=O)c1ccc(CCNC(=O)CCCc2cccnc2)cc1. The second-order valence-electron chi connectivity index (χ2n) is 5.96. The van der Waals surface area contributed by atoms with Crippen LogP contribution in [0, 0.1) is 0 Å². The van der Waals surface area contributed by atoms with Gasteiger partial charge >= 0.3 is 0 Å². The van der Waals surface area contributed by atoms with Crippen LogP contribution in [0.1, 0.15) is 30.9 Å². The maximum atomic E-state index is 11.9. The first-order valence-electron chi connectivity index (χ1n) is 8.75. The molecule has 0 bridgehead atoms. The van der Waals surface area contributed by atoms with Crippen LogP contribution < -0.4 is 10.0 Å². The predicted octanol–water partition coefficient (Wildman–Crippen LogP) is 2.06. The molecule has 0 unspecified atom stereocenters. The first kappa shape index (κ1) is 20.1. The number of aryl methyl sites for hydroxylation is 1. The summed E-state index contributed by atoms with van der Waals surface area (Å²) in [5.41, 5.74) is 2.11. The summed E-state index contributed by atoms with van der Waals surface area (Å²) < 4.78 is 26.2. The Hall–Kier alpha value is -2.25. The average molecular weight is 375 g/mol. The molecule has 1 heterocycles. The van der Waals surface area contributed by atoms with E-state index < -0.39 is 10.0 Å². The molecule has 1 aromatic carbocycles. The highest BCUT2D eigenvalue weighted by atomic mass is 32.2. The molecule has 0 saturated heterocycles. The lowest BCUT2D eigenvalue weighted by Gasteiger charge is -2.07. The van der Waals surface area contributed by atoms with Gasteiger partial charge < -0.3 is 5.32 Å². The Morgan fingerprint density at radius 3 is 2.50 bits per heavy atom. The summed E-state index contributed by atoms with van der Waals surface area (Å²) in [4.78, 5) is 16.2. The van der Waals surface area contributed by atoms with Gasteiger partial charge in [0.1, 0.15) is 0 Å². The van der Waals surface area contributed by atoms with E-state index in [0.29, 0.717) is 25.9 Å². The first-order chi connectivity index (χ1) is 12.5. The van der Waals surface area contributed by atoms with Crippen LogP contribution in [0.5, 0.6) is 0 Å². The zero-order valence-electron chi connectivity index (χ0n) is 14.9. The van der Waals surface area contributed by atoms with Gasteiger partial charge in [0.2, 0.25) is 15.9 Å². The molecule has 1 amide bonds. The van der Waals surface area contributed by atoms with Gasteiger partial charge in [-0.3, -0.25) is 9.78 Å². The van der Waals surface area contributed by atoms with Gasteiger partial charge in [-0.2, -0.15) is 0 Å². The van der Waals surface area contributed by atoms with Crippen molar-refractivity contribution in [2.45, 2.75) is 37.5 Å². The lowest BCUT2D eigenvalue weighted by Crippen LogP contribution is -2.25. The number of nitrogens with zero attached hydrogens (tertiary/aromatic N) is 1. The van der Waals surface area contributed by atoms with Gasteiger partial charge in [-0.25, -0.2) is 13.1 Å². The molecule has 6 nitrogen and oxygen atoms in total. The number of carbonyl (C=O) groups excluding carboxylic acids is 1. The summed E-state index contributed by atoms with van der Waals surface area (Å²) >= 11 is 0. The highest BCUT2D eigenvalue weighted by molar-refractivity contribution is 7.89. The minimum absolute atomic E-state index is 0.0280. The Kier molecular flexibility index (Phi) is 7.74. The lowest BCUT2D eigenvalue weighted by molar-refractivity contribution is -0.121. The van der Waals surface area contributed by atoms with E-state index in [2.05, 4.69) is 15.0 Å². The summed E-state index contributed by atoms with van der Waals surface area (Å²) in [6, 6.07) is 10.6. The van der Waals surface area contributed by atoms with Crippen LogP contribution in [-0.4, -0.2) is 32.4 Å². The molecular formula is C19H25N3O3S. The number of hydrogen-bond donors (Lipinski definition) is 2. The number of carbonyl (C=O) groups is 1. The monoisotopic (exact) mass is 375 g/mol. The molecule has 140 valence electrons. The zero-order chi connectivity index (χ0) is 18.8. The van der Waals surface area contributed by atoms with Crippen molar-refractivity contribution >= 4 is 15.9 Å². The third-order valence-corrected chi connectivity index (χ3v) is 5.46. The molecular weight excluding hydrogens is 350 g/mol. The number of amides is 1. The van der Waals surface area contributed by atoms with E-state index in [1.165, 1.54) is 0 Å². The molecule has 2 N–H and O–H groups in total. The Morgan fingerprint density at radius 2 is 1.85 bits per heavy atom. The minimum atomic E-state index is -3.42. The summed E-state index contributed by atoms with van der Waals surface area (Å²) in [5.74, 6) is 0.0280. The Bertz CT molecular complexity index is 791. The summed E-state index contributed by atoms with van der Waals surface area (Å²) in [6.07, 6.45) is 6.32. The highest BCUT2D eigenvalue weighted by Gasteiger charge is 2.11. The summed E-state index contributed by atoms with van der Waals surface area (Å²) in [7, 11) is -3.42. The molecule has 26 heavy (non-hydrogen) atoms. The highest BCUT2D eigenvalue weighted by Crippen LogP contribution is 2.10. The number of benzene rings is 1. The number of hydrogen-bond acceptors (Lipinski definition) is 4. The first-order valence-corrected chi connectivity index (χ1v) is 10.2.